The molecule has 0 radical (unpaired) electrons. The minimum atomic E-state index is -0.0872. The van der Waals surface area contributed by atoms with E-state index < -0.39 is 0 Å². The highest BCUT2D eigenvalue weighted by atomic mass is 16.2. The van der Waals surface area contributed by atoms with Gasteiger partial charge in [-0.05, 0) is 39.3 Å². The van der Waals surface area contributed by atoms with Crippen LogP contribution in [0.25, 0.3) is 5.65 Å². The van der Waals surface area contributed by atoms with Crippen molar-refractivity contribution < 1.29 is 9.69 Å². The molecule has 2 rings (SSSR count). The number of hydrogen-bond acceptors (Lipinski definition) is 3. The maximum absolute atomic E-state index is 12.2. The molecular weight excluding hydrogens is 292 g/mol. The van der Waals surface area contributed by atoms with Gasteiger partial charge in [-0.3, -0.25) is 14.0 Å². The van der Waals surface area contributed by atoms with Gasteiger partial charge in [-0.15, -0.1) is 0 Å². The van der Waals surface area contributed by atoms with Crippen molar-refractivity contribution in [1.82, 2.24) is 14.7 Å². The first-order chi connectivity index (χ1) is 10.9. The summed E-state index contributed by atoms with van der Waals surface area (Å²) in [4.78, 5) is 29.8. The first-order valence-electron chi connectivity index (χ1n) is 8.01. The van der Waals surface area contributed by atoms with Crippen LogP contribution in [0.4, 0.5) is 0 Å². The van der Waals surface area contributed by atoms with Gasteiger partial charge in [0.1, 0.15) is 17.9 Å². The summed E-state index contributed by atoms with van der Waals surface area (Å²) in [5, 5.41) is 2.89. The number of hydrogen-bond donors (Lipinski definition) is 2. The molecule has 2 aromatic heterocycles. The summed E-state index contributed by atoms with van der Waals surface area (Å²) in [5.74, 6) is 0.0185. The van der Waals surface area contributed by atoms with Crippen LogP contribution in [0.15, 0.2) is 29.2 Å². The summed E-state index contributed by atoms with van der Waals surface area (Å²) >= 11 is 0. The van der Waals surface area contributed by atoms with Crippen molar-refractivity contribution in [3.8, 4) is 0 Å². The highest BCUT2D eigenvalue weighted by Gasteiger charge is 2.15. The molecule has 124 valence electrons. The quantitative estimate of drug-likeness (QED) is 0.784. The molecule has 2 heterocycles. The fourth-order valence-electron chi connectivity index (χ4n) is 2.52. The number of aromatic nitrogens is 2. The van der Waals surface area contributed by atoms with Gasteiger partial charge in [0.15, 0.2) is 6.54 Å². The number of carbonyl (C=O) groups is 1. The van der Waals surface area contributed by atoms with Crippen LogP contribution in [-0.4, -0.2) is 34.4 Å². The topological polar surface area (TPSA) is 67.9 Å². The average molecular weight is 317 g/mol. The molecule has 0 aliphatic rings. The van der Waals surface area contributed by atoms with Gasteiger partial charge < -0.3 is 10.2 Å². The molecule has 0 spiro atoms. The second kappa shape index (κ2) is 7.37. The number of aryl methyl sites for hydroxylation is 1. The molecular formula is C17H25N4O2+. The van der Waals surface area contributed by atoms with Gasteiger partial charge in [0.25, 0.3) is 11.5 Å². The van der Waals surface area contributed by atoms with Gasteiger partial charge in [-0.25, -0.2) is 4.98 Å². The molecule has 6 nitrogen and oxygen atoms in total. The van der Waals surface area contributed by atoms with E-state index in [-0.39, 0.29) is 17.5 Å². The number of amides is 1. The Bertz CT molecular complexity index is 752. The molecule has 1 atom stereocenters. The molecule has 6 heteroatoms. The standard InChI is InChI=1S/C17H24N4O2/c1-5-20(11-16(22)18-12(2)3)10-14-8-17(23)21-9-13(4)6-7-15(21)19-14/h6-9,12H,5,10-11H2,1-4H3,(H,18,22)/p+1. The normalized spacial score (nSPS) is 12.6. The van der Waals surface area contributed by atoms with Crippen molar-refractivity contribution >= 4 is 11.6 Å². The highest BCUT2D eigenvalue weighted by molar-refractivity contribution is 5.77. The lowest BCUT2D eigenvalue weighted by molar-refractivity contribution is -0.904. The molecule has 1 amide bonds. The SMILES string of the molecule is CC[NH+](CC(=O)NC(C)C)Cc1cc(=O)n2cc(C)ccc2n1. The van der Waals surface area contributed by atoms with Crippen LogP contribution in [0.1, 0.15) is 32.0 Å². The molecule has 0 saturated carbocycles. The summed E-state index contributed by atoms with van der Waals surface area (Å²) in [5.41, 5.74) is 2.28. The molecule has 0 aliphatic heterocycles. The molecule has 2 aromatic rings. The Hall–Kier alpha value is -2.21. The van der Waals surface area contributed by atoms with Gasteiger partial charge in [0, 0.05) is 18.3 Å². The van der Waals surface area contributed by atoms with Gasteiger partial charge >= 0.3 is 0 Å². The number of nitrogens with zero attached hydrogens (tertiary/aromatic N) is 2. The van der Waals surface area contributed by atoms with E-state index in [0.717, 1.165) is 17.0 Å². The van der Waals surface area contributed by atoms with E-state index in [0.29, 0.717) is 24.4 Å². The second-order valence-electron chi connectivity index (χ2n) is 6.20. The predicted octanol–water partition coefficient (Wildman–Crippen LogP) is -0.0677. The Morgan fingerprint density at radius 1 is 1.39 bits per heavy atom. The monoisotopic (exact) mass is 317 g/mol. The lowest BCUT2D eigenvalue weighted by Gasteiger charge is -2.18. The molecule has 0 bridgehead atoms. The minimum Gasteiger partial charge on any atom is -0.349 e. The number of quaternary nitrogens is 1. The molecule has 0 aromatic carbocycles. The number of rotatable bonds is 6. The van der Waals surface area contributed by atoms with Crippen LogP contribution < -0.4 is 15.8 Å². The molecule has 1 unspecified atom stereocenters. The van der Waals surface area contributed by atoms with Crippen molar-refractivity contribution in [2.24, 2.45) is 0 Å². The third kappa shape index (κ3) is 4.63. The lowest BCUT2D eigenvalue weighted by atomic mass is 10.3. The number of carbonyl (C=O) groups excluding carboxylic acids is 1. The Balaban J connectivity index is 2.18. The fourth-order valence-corrected chi connectivity index (χ4v) is 2.52. The zero-order chi connectivity index (χ0) is 17.0. The second-order valence-corrected chi connectivity index (χ2v) is 6.20. The summed E-state index contributed by atoms with van der Waals surface area (Å²) in [6, 6.07) is 5.47. The number of fused-ring (bicyclic) bond motifs is 1. The fraction of sp³-hybridized carbons (Fsp3) is 0.471. The molecule has 0 fully saturated rings. The first-order valence-corrected chi connectivity index (χ1v) is 8.01. The predicted molar refractivity (Wildman–Crippen MR) is 89.6 cm³/mol. The van der Waals surface area contributed by atoms with E-state index in [4.69, 9.17) is 0 Å². The largest absolute Gasteiger partial charge is 0.349 e. The van der Waals surface area contributed by atoms with Crippen LogP contribution in [0.5, 0.6) is 0 Å². The maximum Gasteiger partial charge on any atom is 0.275 e. The number of nitrogens with one attached hydrogen (secondary N) is 2. The Morgan fingerprint density at radius 3 is 2.78 bits per heavy atom. The van der Waals surface area contributed by atoms with E-state index in [1.54, 1.807) is 16.7 Å². The van der Waals surface area contributed by atoms with Gasteiger partial charge in [0.05, 0.1) is 6.54 Å². The Morgan fingerprint density at radius 2 is 2.13 bits per heavy atom. The highest BCUT2D eigenvalue weighted by Crippen LogP contribution is 2.01. The summed E-state index contributed by atoms with van der Waals surface area (Å²) in [6.45, 7) is 9.58. The summed E-state index contributed by atoms with van der Waals surface area (Å²) in [7, 11) is 0. The van der Waals surface area contributed by atoms with Crippen LogP contribution in [0.3, 0.4) is 0 Å². The molecule has 0 aliphatic carbocycles. The third-order valence-corrected chi connectivity index (χ3v) is 3.65. The summed E-state index contributed by atoms with van der Waals surface area (Å²) in [6.07, 6.45) is 1.79. The van der Waals surface area contributed by atoms with Crippen molar-refractivity contribution in [3.63, 3.8) is 0 Å². The minimum absolute atomic E-state index is 0.0185. The van der Waals surface area contributed by atoms with E-state index >= 15 is 0 Å². The summed E-state index contributed by atoms with van der Waals surface area (Å²) < 4.78 is 1.55. The van der Waals surface area contributed by atoms with E-state index in [1.807, 2.05) is 39.8 Å². The Kier molecular flexibility index (Phi) is 5.50. The van der Waals surface area contributed by atoms with Crippen molar-refractivity contribution in [2.45, 2.75) is 40.3 Å². The first kappa shape index (κ1) is 17.1. The van der Waals surface area contributed by atoms with Gasteiger partial charge in [-0.2, -0.15) is 0 Å². The average Bonchev–Trinajstić information content (AvgIpc) is 2.46. The number of likely N-dealkylation sites (N-methyl/N-ethyl adjacent to an activating group) is 1. The van der Waals surface area contributed by atoms with E-state index in [2.05, 4.69) is 10.3 Å². The Labute approximate surface area is 136 Å². The van der Waals surface area contributed by atoms with Gasteiger partial charge in [0.2, 0.25) is 0 Å². The smallest absolute Gasteiger partial charge is 0.275 e. The third-order valence-electron chi connectivity index (χ3n) is 3.65. The zero-order valence-corrected chi connectivity index (χ0v) is 14.2. The van der Waals surface area contributed by atoms with Crippen LogP contribution in [0.2, 0.25) is 0 Å². The van der Waals surface area contributed by atoms with E-state index in [9.17, 15) is 9.59 Å². The molecule has 2 N–H and O–H groups in total. The van der Waals surface area contributed by atoms with Gasteiger partial charge in [-0.1, -0.05) is 6.07 Å². The lowest BCUT2D eigenvalue weighted by Crippen LogP contribution is -3.11. The zero-order valence-electron chi connectivity index (χ0n) is 14.2. The van der Waals surface area contributed by atoms with Crippen LogP contribution in [-0.2, 0) is 11.3 Å². The van der Waals surface area contributed by atoms with Crippen molar-refractivity contribution in [3.05, 3.63) is 46.0 Å². The van der Waals surface area contributed by atoms with E-state index in [1.165, 1.54) is 0 Å². The number of pyridine rings is 1. The van der Waals surface area contributed by atoms with Crippen LogP contribution >= 0.6 is 0 Å². The van der Waals surface area contributed by atoms with Crippen molar-refractivity contribution in [1.29, 1.82) is 0 Å². The van der Waals surface area contributed by atoms with Crippen molar-refractivity contribution in [2.75, 3.05) is 13.1 Å². The molecule has 23 heavy (non-hydrogen) atoms. The maximum atomic E-state index is 12.2. The molecule has 0 saturated heterocycles. The van der Waals surface area contributed by atoms with Crippen LogP contribution in [0, 0.1) is 6.92 Å².